The van der Waals surface area contributed by atoms with Gasteiger partial charge in [0.25, 0.3) is 0 Å². The van der Waals surface area contributed by atoms with Crippen molar-refractivity contribution in [3.63, 3.8) is 0 Å². The number of rotatable bonds is 4. The molecule has 0 radical (unpaired) electrons. The first kappa shape index (κ1) is 12.1. The minimum Gasteiger partial charge on any atom is -0.391 e. The maximum absolute atomic E-state index is 9.65. The predicted octanol–water partition coefficient (Wildman–Crippen LogP) is 1.71. The Morgan fingerprint density at radius 1 is 1.53 bits per heavy atom. The van der Waals surface area contributed by atoms with Crippen LogP contribution in [0.2, 0.25) is 5.02 Å². The molecule has 5 nitrogen and oxygen atoms in total. The highest BCUT2D eigenvalue weighted by Crippen LogP contribution is 2.22. The number of aliphatic hydroxyl groups excluding tert-OH is 1. The number of hydrogen-bond donors (Lipinski definition) is 1. The molecular weight excluding hydrogens is 240 g/mol. The molecule has 2 heterocycles. The summed E-state index contributed by atoms with van der Waals surface area (Å²) in [4.78, 5) is 4.21. The lowest BCUT2D eigenvalue weighted by molar-refractivity contribution is 0.145. The molecule has 0 aliphatic carbocycles. The fraction of sp³-hybridized carbons (Fsp3) is 0.455. The summed E-state index contributed by atoms with van der Waals surface area (Å²) in [6, 6.07) is 1.83. The Morgan fingerprint density at radius 2 is 2.29 bits per heavy atom. The molecule has 1 atom stereocenters. The zero-order valence-electron chi connectivity index (χ0n) is 9.84. The first-order valence-electron chi connectivity index (χ1n) is 5.50. The molecular formula is C11H15ClN4O. The van der Waals surface area contributed by atoms with E-state index in [9.17, 15) is 5.11 Å². The van der Waals surface area contributed by atoms with E-state index in [1.54, 1.807) is 4.68 Å². The molecule has 0 saturated heterocycles. The van der Waals surface area contributed by atoms with E-state index in [-0.39, 0.29) is 0 Å². The molecule has 92 valence electrons. The summed E-state index contributed by atoms with van der Waals surface area (Å²) in [6.45, 7) is 2.37. The van der Waals surface area contributed by atoms with Crippen LogP contribution in [0.1, 0.15) is 13.3 Å². The minimum atomic E-state index is -0.411. The molecule has 17 heavy (non-hydrogen) atoms. The van der Waals surface area contributed by atoms with E-state index in [1.165, 1.54) is 6.33 Å². The minimum absolute atomic E-state index is 0.411. The lowest BCUT2D eigenvalue weighted by Gasteiger charge is -2.10. The Morgan fingerprint density at radius 3 is 2.88 bits per heavy atom. The van der Waals surface area contributed by atoms with E-state index < -0.39 is 6.10 Å². The quantitative estimate of drug-likeness (QED) is 0.904. The van der Waals surface area contributed by atoms with Crippen molar-refractivity contribution in [2.24, 2.45) is 7.05 Å². The molecule has 0 unspecified atom stereocenters. The molecule has 0 saturated carbocycles. The summed E-state index contributed by atoms with van der Waals surface area (Å²) in [5, 5.41) is 14.4. The first-order valence-corrected chi connectivity index (χ1v) is 5.87. The number of aromatic nitrogens is 4. The smallest absolute Gasteiger partial charge is 0.174 e. The van der Waals surface area contributed by atoms with Crippen LogP contribution in [0.4, 0.5) is 0 Å². The summed E-state index contributed by atoms with van der Waals surface area (Å²) >= 11 is 5.94. The van der Waals surface area contributed by atoms with Crippen molar-refractivity contribution < 1.29 is 5.11 Å². The summed E-state index contributed by atoms with van der Waals surface area (Å²) in [7, 11) is 1.90. The fourth-order valence-corrected chi connectivity index (χ4v) is 1.92. The largest absolute Gasteiger partial charge is 0.391 e. The van der Waals surface area contributed by atoms with Gasteiger partial charge in [-0.3, -0.25) is 0 Å². The third kappa shape index (κ3) is 2.50. The average molecular weight is 255 g/mol. The van der Waals surface area contributed by atoms with E-state index in [4.69, 9.17) is 11.6 Å². The standard InChI is InChI=1S/C11H15ClN4O/c1-3-9(17)6-16-11(13-7-14-16)10-4-8(12)5-15(10)2/h4-5,7,9,17H,3,6H2,1-2H3/t9-/m0/s1. The molecule has 2 rings (SSSR count). The monoisotopic (exact) mass is 254 g/mol. The van der Waals surface area contributed by atoms with Crippen LogP contribution in [0, 0.1) is 0 Å². The molecule has 0 aromatic carbocycles. The van der Waals surface area contributed by atoms with Crippen molar-refractivity contribution >= 4 is 11.6 Å². The number of hydrogen-bond acceptors (Lipinski definition) is 3. The fourth-order valence-electron chi connectivity index (χ4n) is 1.67. The van der Waals surface area contributed by atoms with Crippen LogP contribution in [0.5, 0.6) is 0 Å². The maximum Gasteiger partial charge on any atom is 0.174 e. The van der Waals surface area contributed by atoms with Crippen molar-refractivity contribution in [3.05, 3.63) is 23.6 Å². The third-order valence-electron chi connectivity index (χ3n) is 2.67. The zero-order valence-corrected chi connectivity index (χ0v) is 10.6. The van der Waals surface area contributed by atoms with Gasteiger partial charge in [0.15, 0.2) is 5.82 Å². The Balaban J connectivity index is 2.33. The van der Waals surface area contributed by atoms with Crippen LogP contribution >= 0.6 is 11.6 Å². The lowest BCUT2D eigenvalue weighted by atomic mass is 10.3. The highest BCUT2D eigenvalue weighted by Gasteiger charge is 2.13. The Labute approximate surface area is 105 Å². The Bertz CT molecular complexity index is 505. The van der Waals surface area contributed by atoms with Gasteiger partial charge in [-0.15, -0.1) is 0 Å². The SMILES string of the molecule is CC[C@H](O)Cn1ncnc1-c1cc(Cl)cn1C. The summed E-state index contributed by atoms with van der Waals surface area (Å²) < 4.78 is 3.58. The molecule has 2 aromatic heterocycles. The van der Waals surface area contributed by atoms with Crippen LogP contribution in [-0.2, 0) is 13.6 Å². The summed E-state index contributed by atoms with van der Waals surface area (Å²) in [5.41, 5.74) is 0.885. The second kappa shape index (κ2) is 4.89. The highest BCUT2D eigenvalue weighted by molar-refractivity contribution is 6.30. The number of nitrogens with zero attached hydrogens (tertiary/aromatic N) is 4. The molecule has 0 amide bonds. The lowest BCUT2D eigenvalue weighted by Crippen LogP contribution is -2.17. The van der Waals surface area contributed by atoms with Gasteiger partial charge in [-0.2, -0.15) is 5.10 Å². The molecule has 2 aromatic rings. The molecule has 6 heteroatoms. The molecule has 1 N–H and O–H groups in total. The second-order valence-corrected chi connectivity index (χ2v) is 4.42. The van der Waals surface area contributed by atoms with Crippen LogP contribution in [0.15, 0.2) is 18.6 Å². The van der Waals surface area contributed by atoms with Gasteiger partial charge in [-0.25, -0.2) is 9.67 Å². The second-order valence-electron chi connectivity index (χ2n) is 3.98. The van der Waals surface area contributed by atoms with Crippen molar-refractivity contribution in [1.29, 1.82) is 0 Å². The van der Waals surface area contributed by atoms with E-state index in [1.807, 2.05) is 30.8 Å². The highest BCUT2D eigenvalue weighted by atomic mass is 35.5. The van der Waals surface area contributed by atoms with Crippen LogP contribution in [0.3, 0.4) is 0 Å². The molecule has 0 aliphatic heterocycles. The predicted molar refractivity (Wildman–Crippen MR) is 65.7 cm³/mol. The number of halogens is 1. The van der Waals surface area contributed by atoms with Crippen molar-refractivity contribution in [3.8, 4) is 11.5 Å². The van der Waals surface area contributed by atoms with Crippen molar-refractivity contribution in [1.82, 2.24) is 19.3 Å². The van der Waals surface area contributed by atoms with Gasteiger partial charge >= 0.3 is 0 Å². The molecule has 0 fully saturated rings. The summed E-state index contributed by atoms with van der Waals surface area (Å²) in [6.07, 6.45) is 3.57. The molecule has 0 spiro atoms. The number of aliphatic hydroxyl groups is 1. The maximum atomic E-state index is 9.65. The summed E-state index contributed by atoms with van der Waals surface area (Å²) in [5.74, 6) is 0.715. The van der Waals surface area contributed by atoms with E-state index in [2.05, 4.69) is 10.1 Å². The van der Waals surface area contributed by atoms with E-state index in [0.29, 0.717) is 23.8 Å². The Hall–Kier alpha value is -1.33. The van der Waals surface area contributed by atoms with E-state index >= 15 is 0 Å². The van der Waals surface area contributed by atoms with E-state index in [0.717, 1.165) is 5.69 Å². The van der Waals surface area contributed by atoms with Crippen molar-refractivity contribution in [2.45, 2.75) is 26.0 Å². The van der Waals surface area contributed by atoms with Gasteiger partial charge in [0.2, 0.25) is 0 Å². The zero-order chi connectivity index (χ0) is 12.4. The Kier molecular flexibility index (Phi) is 3.49. The normalized spacial score (nSPS) is 12.9. The first-order chi connectivity index (χ1) is 8.11. The number of aryl methyl sites for hydroxylation is 1. The van der Waals surface area contributed by atoms with Gasteiger partial charge < -0.3 is 9.67 Å². The van der Waals surface area contributed by atoms with Crippen LogP contribution in [-0.4, -0.2) is 30.5 Å². The molecule has 0 aliphatic rings. The topological polar surface area (TPSA) is 55.9 Å². The molecule has 0 bridgehead atoms. The van der Waals surface area contributed by atoms with Crippen LogP contribution in [0.25, 0.3) is 11.5 Å². The van der Waals surface area contributed by atoms with Crippen molar-refractivity contribution in [2.75, 3.05) is 0 Å². The third-order valence-corrected chi connectivity index (χ3v) is 2.88. The average Bonchev–Trinajstić information content (AvgIpc) is 2.85. The van der Waals surface area contributed by atoms with Gasteiger partial charge in [-0.1, -0.05) is 18.5 Å². The van der Waals surface area contributed by atoms with Crippen LogP contribution < -0.4 is 0 Å². The van der Waals surface area contributed by atoms with Gasteiger partial charge in [0, 0.05) is 13.2 Å². The van der Waals surface area contributed by atoms with Gasteiger partial charge in [-0.05, 0) is 12.5 Å². The van der Waals surface area contributed by atoms with Gasteiger partial charge in [0.1, 0.15) is 6.33 Å². The van der Waals surface area contributed by atoms with Gasteiger partial charge in [0.05, 0.1) is 23.4 Å².